The molecule has 3 heterocycles. The normalized spacial score (nSPS) is 11.1. The highest BCUT2D eigenvalue weighted by Gasteiger charge is 2.13. The minimum atomic E-state index is -0.172. The van der Waals surface area contributed by atoms with Gasteiger partial charge in [-0.25, -0.2) is 0 Å². The number of rotatable bonds is 1. The van der Waals surface area contributed by atoms with E-state index in [0.29, 0.717) is 10.9 Å². The molecule has 3 aromatic rings. The topological polar surface area (TPSA) is 74.0 Å². The Bertz CT molecular complexity index is 1020. The Kier molecular flexibility index (Phi) is 2.88. The fourth-order valence-electron chi connectivity index (χ4n) is 2.64. The predicted octanol–water partition coefficient (Wildman–Crippen LogP) is 2.19. The molecule has 0 atom stereocenters. The van der Waals surface area contributed by atoms with Crippen LogP contribution in [0.1, 0.15) is 25.5 Å². The molecular weight excluding hydrogens is 264 g/mol. The van der Waals surface area contributed by atoms with E-state index >= 15 is 0 Å². The van der Waals surface area contributed by atoms with Gasteiger partial charge in [0, 0.05) is 12.2 Å². The van der Waals surface area contributed by atoms with Gasteiger partial charge in [-0.15, -0.1) is 0 Å². The highest BCUT2D eigenvalue weighted by molar-refractivity contribution is 5.83. The molecule has 0 aliphatic heterocycles. The maximum absolute atomic E-state index is 12.6. The predicted molar refractivity (Wildman–Crippen MR) is 80.1 cm³/mol. The van der Waals surface area contributed by atoms with Gasteiger partial charge in [-0.3, -0.25) is 14.6 Å². The summed E-state index contributed by atoms with van der Waals surface area (Å²) in [5, 5.41) is 17.8. The van der Waals surface area contributed by atoms with Crippen molar-refractivity contribution in [2.24, 2.45) is 0 Å². The van der Waals surface area contributed by atoms with E-state index in [1.165, 1.54) is 6.07 Å². The zero-order valence-corrected chi connectivity index (χ0v) is 11.8. The van der Waals surface area contributed by atoms with E-state index < -0.39 is 0 Å². The van der Waals surface area contributed by atoms with E-state index in [0.717, 1.165) is 5.52 Å². The maximum Gasteiger partial charge on any atom is 0.264 e. The minimum Gasteiger partial charge on any atom is -0.322 e. The van der Waals surface area contributed by atoms with Gasteiger partial charge in [0.1, 0.15) is 11.6 Å². The molecule has 5 nitrogen and oxygen atoms in total. The maximum atomic E-state index is 12.6. The smallest absolute Gasteiger partial charge is 0.264 e. The molecule has 3 rings (SSSR count). The Morgan fingerprint density at radius 3 is 2.71 bits per heavy atom. The van der Waals surface area contributed by atoms with Gasteiger partial charge in [-0.2, -0.15) is 5.26 Å². The quantitative estimate of drug-likeness (QED) is 0.693. The van der Waals surface area contributed by atoms with Crippen LogP contribution in [0.5, 0.6) is 0 Å². The number of hydrogen-bond acceptors (Lipinski definition) is 3. The summed E-state index contributed by atoms with van der Waals surface area (Å²) >= 11 is 0. The van der Waals surface area contributed by atoms with Crippen LogP contribution in [0.15, 0.2) is 41.3 Å². The third-order valence-corrected chi connectivity index (χ3v) is 3.58. The first-order valence-electron chi connectivity index (χ1n) is 6.69. The Morgan fingerprint density at radius 1 is 1.29 bits per heavy atom. The highest BCUT2D eigenvalue weighted by atomic mass is 16.1. The van der Waals surface area contributed by atoms with Crippen LogP contribution in [0.2, 0.25) is 0 Å². The highest BCUT2D eigenvalue weighted by Crippen LogP contribution is 2.16. The first-order chi connectivity index (χ1) is 10.0. The molecule has 0 aliphatic rings. The van der Waals surface area contributed by atoms with Crippen molar-refractivity contribution in [3.63, 3.8) is 0 Å². The van der Waals surface area contributed by atoms with Crippen LogP contribution < -0.4 is 11.0 Å². The molecule has 0 aromatic carbocycles. The second kappa shape index (κ2) is 4.60. The van der Waals surface area contributed by atoms with Gasteiger partial charge >= 0.3 is 0 Å². The van der Waals surface area contributed by atoms with E-state index in [-0.39, 0.29) is 22.7 Å². The number of pyridine rings is 3. The van der Waals surface area contributed by atoms with Gasteiger partial charge in [0.25, 0.3) is 5.56 Å². The third kappa shape index (κ3) is 1.84. The number of nitrogens with zero attached hydrogens (tertiary/aromatic N) is 3. The average molecular weight is 278 g/mol. The molecular formula is C16H14N4O. The summed E-state index contributed by atoms with van der Waals surface area (Å²) < 4.78 is 3.28. The fourth-order valence-corrected chi connectivity index (χ4v) is 2.64. The first kappa shape index (κ1) is 13.1. The van der Waals surface area contributed by atoms with Gasteiger partial charge in [0.15, 0.2) is 0 Å². The van der Waals surface area contributed by atoms with Crippen LogP contribution in [0.3, 0.4) is 0 Å². The molecule has 0 aliphatic carbocycles. The number of nitrogens with one attached hydrogen (secondary N) is 1. The molecule has 21 heavy (non-hydrogen) atoms. The van der Waals surface area contributed by atoms with Crippen LogP contribution >= 0.6 is 0 Å². The van der Waals surface area contributed by atoms with Gasteiger partial charge in [-0.1, -0.05) is 6.07 Å². The molecule has 104 valence electrons. The van der Waals surface area contributed by atoms with Crippen molar-refractivity contribution in [3.8, 4) is 6.07 Å². The lowest BCUT2D eigenvalue weighted by atomic mass is 10.1. The summed E-state index contributed by atoms with van der Waals surface area (Å²) in [5.41, 5.74) is 1.64. The van der Waals surface area contributed by atoms with Crippen molar-refractivity contribution in [1.82, 2.24) is 8.97 Å². The number of hydrogen-bond donors (Lipinski definition) is 1. The summed E-state index contributed by atoms with van der Waals surface area (Å²) in [6, 6.07) is 10.9. The minimum absolute atomic E-state index is 0.0149. The van der Waals surface area contributed by atoms with Crippen LogP contribution in [-0.2, 0) is 0 Å². The van der Waals surface area contributed by atoms with Crippen molar-refractivity contribution in [1.29, 1.82) is 10.7 Å². The summed E-state index contributed by atoms with van der Waals surface area (Å²) in [6.07, 6.45) is 1.71. The van der Waals surface area contributed by atoms with Crippen LogP contribution in [0, 0.1) is 16.7 Å². The lowest BCUT2D eigenvalue weighted by molar-refractivity contribution is 0.585. The van der Waals surface area contributed by atoms with Crippen molar-refractivity contribution >= 4 is 16.4 Å². The monoisotopic (exact) mass is 278 g/mol. The van der Waals surface area contributed by atoms with E-state index in [2.05, 4.69) is 0 Å². The summed E-state index contributed by atoms with van der Waals surface area (Å²) in [7, 11) is 0. The largest absolute Gasteiger partial charge is 0.322 e. The van der Waals surface area contributed by atoms with Crippen molar-refractivity contribution in [2.75, 3.05) is 0 Å². The SMILES string of the molecule is CC(C)n1c(=N)c(C#N)cc2c(=O)n3ccccc3cc21. The Morgan fingerprint density at radius 2 is 2.05 bits per heavy atom. The molecule has 0 fully saturated rings. The molecule has 0 unspecified atom stereocenters. The van der Waals surface area contributed by atoms with Gasteiger partial charge in [0.2, 0.25) is 0 Å². The van der Waals surface area contributed by atoms with Gasteiger partial charge in [-0.05, 0) is 38.1 Å². The van der Waals surface area contributed by atoms with E-state index in [9.17, 15) is 10.1 Å². The molecule has 0 saturated heterocycles. The molecule has 0 amide bonds. The number of aromatic nitrogens is 2. The average Bonchev–Trinajstić information content (AvgIpc) is 2.46. The zero-order chi connectivity index (χ0) is 15.1. The second-order valence-corrected chi connectivity index (χ2v) is 5.23. The first-order valence-corrected chi connectivity index (χ1v) is 6.69. The van der Waals surface area contributed by atoms with E-state index in [1.807, 2.05) is 38.1 Å². The van der Waals surface area contributed by atoms with E-state index in [4.69, 9.17) is 5.41 Å². The summed E-state index contributed by atoms with van der Waals surface area (Å²) in [4.78, 5) is 12.6. The Balaban J connectivity index is 2.66. The number of fused-ring (bicyclic) bond motifs is 2. The van der Waals surface area contributed by atoms with Crippen LogP contribution in [0.25, 0.3) is 16.4 Å². The summed E-state index contributed by atoms with van der Waals surface area (Å²) in [5.74, 6) is 0. The summed E-state index contributed by atoms with van der Waals surface area (Å²) in [6.45, 7) is 3.87. The van der Waals surface area contributed by atoms with Crippen molar-refractivity contribution in [3.05, 3.63) is 57.9 Å². The molecule has 0 bridgehead atoms. The fraction of sp³-hybridized carbons (Fsp3) is 0.188. The van der Waals surface area contributed by atoms with Crippen molar-refractivity contribution < 1.29 is 0 Å². The number of nitriles is 1. The molecule has 1 N–H and O–H groups in total. The molecule has 3 aromatic heterocycles. The van der Waals surface area contributed by atoms with E-state index in [1.54, 1.807) is 21.2 Å². The Labute approximate surface area is 120 Å². The van der Waals surface area contributed by atoms with Crippen LogP contribution in [-0.4, -0.2) is 8.97 Å². The lowest BCUT2D eigenvalue weighted by Crippen LogP contribution is -2.27. The van der Waals surface area contributed by atoms with Crippen LogP contribution in [0.4, 0.5) is 0 Å². The lowest BCUT2D eigenvalue weighted by Gasteiger charge is -2.16. The second-order valence-electron chi connectivity index (χ2n) is 5.23. The van der Waals surface area contributed by atoms with Gasteiger partial charge in [0.05, 0.1) is 22.0 Å². The molecule has 0 spiro atoms. The zero-order valence-electron chi connectivity index (χ0n) is 11.8. The van der Waals surface area contributed by atoms with Gasteiger partial charge < -0.3 is 4.57 Å². The molecule has 5 heteroatoms. The molecule has 0 radical (unpaired) electrons. The Hall–Kier alpha value is -2.87. The standard InChI is InChI=1S/C16H14N4O/c1-10(2)20-14-8-12-5-3-4-6-19(12)16(21)13(14)7-11(9-17)15(20)18/h3-8,10,18H,1-2H3. The van der Waals surface area contributed by atoms with Crippen molar-refractivity contribution in [2.45, 2.75) is 19.9 Å². The third-order valence-electron chi connectivity index (χ3n) is 3.58. The molecule has 0 saturated carbocycles.